The quantitative estimate of drug-likeness (QED) is 0.176. The van der Waals surface area contributed by atoms with E-state index in [1.807, 2.05) is 37.3 Å². The number of pyridine rings is 1. The van der Waals surface area contributed by atoms with Gasteiger partial charge in [-0.2, -0.15) is 9.97 Å². The summed E-state index contributed by atoms with van der Waals surface area (Å²) in [4.78, 5) is 21.8. The SMILES string of the molecule is COCCOc1nc(Nc2ccc(CN3CCN(C)CC3)cc2)nc2[nH]cc(-c3ccc(OCc4cccc(C)n4)cc3F)c12. The van der Waals surface area contributed by atoms with Gasteiger partial charge in [-0.15, -0.1) is 0 Å². The first-order valence-corrected chi connectivity index (χ1v) is 15.1. The lowest BCUT2D eigenvalue weighted by Crippen LogP contribution is -2.43. The summed E-state index contributed by atoms with van der Waals surface area (Å²) in [6.45, 7) is 8.06. The molecule has 45 heavy (non-hydrogen) atoms. The number of nitrogens with zero attached hydrogens (tertiary/aromatic N) is 5. The standard InChI is InChI=1S/C34H38FN7O3/c1-23-5-4-6-26(37-23)22-45-27-11-12-28(30(35)19-27)29-20-36-32-31(29)33(44-18-17-43-3)40-34(39-32)38-25-9-7-24(8-10-25)21-42-15-13-41(2)14-16-42/h4-12,19-20H,13-18,21-22H2,1-3H3,(H2,36,38,39,40). The largest absolute Gasteiger partial charge is 0.487 e. The molecule has 1 aliphatic heterocycles. The van der Waals surface area contributed by atoms with E-state index in [0.717, 1.165) is 49.8 Å². The maximum Gasteiger partial charge on any atom is 0.232 e. The van der Waals surface area contributed by atoms with Gasteiger partial charge in [0.05, 0.1) is 17.7 Å². The van der Waals surface area contributed by atoms with E-state index in [-0.39, 0.29) is 13.2 Å². The maximum absolute atomic E-state index is 15.5. The number of H-pyrrole nitrogens is 1. The van der Waals surface area contributed by atoms with E-state index in [1.165, 1.54) is 11.6 Å². The molecular weight excluding hydrogens is 573 g/mol. The zero-order valence-electron chi connectivity index (χ0n) is 25.8. The minimum Gasteiger partial charge on any atom is -0.487 e. The van der Waals surface area contributed by atoms with Crippen LogP contribution in [0.25, 0.3) is 22.2 Å². The second-order valence-electron chi connectivity index (χ2n) is 11.2. The summed E-state index contributed by atoms with van der Waals surface area (Å²) in [5.74, 6) is 0.664. The number of aromatic nitrogens is 4. The number of aryl methyl sites for hydroxylation is 1. The lowest BCUT2D eigenvalue weighted by Gasteiger charge is -2.32. The van der Waals surface area contributed by atoms with Gasteiger partial charge in [-0.25, -0.2) is 4.39 Å². The Balaban J connectivity index is 1.21. The third-order valence-electron chi connectivity index (χ3n) is 7.80. The van der Waals surface area contributed by atoms with Crippen molar-refractivity contribution in [1.82, 2.24) is 29.7 Å². The molecule has 0 amide bonds. The van der Waals surface area contributed by atoms with Crippen LogP contribution in [0.1, 0.15) is 17.0 Å². The molecule has 0 aliphatic carbocycles. The van der Waals surface area contributed by atoms with E-state index in [2.05, 4.69) is 49.2 Å². The molecule has 0 unspecified atom stereocenters. The van der Waals surface area contributed by atoms with Gasteiger partial charge in [0, 0.05) is 74.6 Å². The fraction of sp³-hybridized carbons (Fsp3) is 0.324. The molecule has 1 fully saturated rings. The average Bonchev–Trinajstić information content (AvgIpc) is 3.46. The number of nitrogens with one attached hydrogen (secondary N) is 2. The summed E-state index contributed by atoms with van der Waals surface area (Å²) in [6, 6.07) is 18.8. The topological polar surface area (TPSA) is 101 Å². The fourth-order valence-corrected chi connectivity index (χ4v) is 5.32. The molecule has 0 spiro atoms. The highest BCUT2D eigenvalue weighted by Crippen LogP contribution is 2.37. The van der Waals surface area contributed by atoms with Crippen LogP contribution in [-0.2, 0) is 17.9 Å². The summed E-state index contributed by atoms with van der Waals surface area (Å²) in [5.41, 5.74) is 5.26. The van der Waals surface area contributed by atoms with Crippen LogP contribution in [0, 0.1) is 12.7 Å². The number of anilines is 2. The molecule has 11 heteroatoms. The number of benzene rings is 2. The molecule has 6 rings (SSSR count). The Labute approximate surface area is 262 Å². The number of methoxy groups -OCH3 is 1. The predicted molar refractivity (Wildman–Crippen MR) is 172 cm³/mol. The molecule has 5 aromatic rings. The Morgan fingerprint density at radius 2 is 1.73 bits per heavy atom. The zero-order chi connectivity index (χ0) is 31.2. The first-order chi connectivity index (χ1) is 21.9. The van der Waals surface area contributed by atoms with E-state index < -0.39 is 5.82 Å². The van der Waals surface area contributed by atoms with Crippen molar-refractivity contribution in [2.45, 2.75) is 20.1 Å². The van der Waals surface area contributed by atoms with Gasteiger partial charge in [0.2, 0.25) is 11.8 Å². The van der Waals surface area contributed by atoms with Crippen LogP contribution in [0.2, 0.25) is 0 Å². The maximum atomic E-state index is 15.5. The Bertz CT molecular complexity index is 1740. The molecule has 0 bridgehead atoms. The van der Waals surface area contributed by atoms with E-state index in [1.54, 1.807) is 25.4 Å². The Hall–Kier alpha value is -4.58. The van der Waals surface area contributed by atoms with E-state index in [9.17, 15) is 0 Å². The molecule has 3 aromatic heterocycles. The lowest BCUT2D eigenvalue weighted by molar-refractivity contribution is 0.144. The third-order valence-corrected chi connectivity index (χ3v) is 7.80. The van der Waals surface area contributed by atoms with Crippen molar-refractivity contribution in [3.05, 3.63) is 89.6 Å². The number of rotatable bonds is 12. The zero-order valence-corrected chi connectivity index (χ0v) is 25.8. The highest BCUT2D eigenvalue weighted by molar-refractivity contribution is 5.98. The molecule has 1 aliphatic rings. The molecule has 10 nitrogen and oxygen atoms in total. The van der Waals surface area contributed by atoms with Gasteiger partial charge in [-0.05, 0) is 55.9 Å². The van der Waals surface area contributed by atoms with Crippen molar-refractivity contribution >= 4 is 22.7 Å². The summed E-state index contributed by atoms with van der Waals surface area (Å²) < 4.78 is 32.5. The van der Waals surface area contributed by atoms with Gasteiger partial charge in [0.25, 0.3) is 0 Å². The number of fused-ring (bicyclic) bond motifs is 1. The van der Waals surface area contributed by atoms with Crippen LogP contribution in [0.4, 0.5) is 16.0 Å². The number of aromatic amines is 1. The predicted octanol–water partition coefficient (Wildman–Crippen LogP) is 5.56. The molecule has 2 N–H and O–H groups in total. The summed E-state index contributed by atoms with van der Waals surface area (Å²) >= 11 is 0. The molecule has 0 saturated carbocycles. The Morgan fingerprint density at radius 3 is 2.49 bits per heavy atom. The highest BCUT2D eigenvalue weighted by atomic mass is 19.1. The average molecular weight is 612 g/mol. The number of halogens is 1. The van der Waals surface area contributed by atoms with Gasteiger partial charge >= 0.3 is 0 Å². The molecule has 234 valence electrons. The summed E-state index contributed by atoms with van der Waals surface area (Å²) in [7, 11) is 3.77. The van der Waals surface area contributed by atoms with Crippen LogP contribution in [0.3, 0.4) is 0 Å². The fourth-order valence-electron chi connectivity index (χ4n) is 5.32. The van der Waals surface area contributed by atoms with Crippen molar-refractivity contribution in [3.63, 3.8) is 0 Å². The Morgan fingerprint density at radius 1 is 0.911 bits per heavy atom. The van der Waals surface area contributed by atoms with Crippen molar-refractivity contribution in [2.24, 2.45) is 0 Å². The lowest BCUT2D eigenvalue weighted by atomic mass is 10.1. The van der Waals surface area contributed by atoms with Crippen molar-refractivity contribution < 1.29 is 18.6 Å². The van der Waals surface area contributed by atoms with Crippen LogP contribution >= 0.6 is 0 Å². The number of ether oxygens (including phenoxy) is 3. The van der Waals surface area contributed by atoms with Gasteiger partial charge < -0.3 is 29.4 Å². The van der Waals surface area contributed by atoms with E-state index in [0.29, 0.717) is 46.3 Å². The van der Waals surface area contributed by atoms with Crippen molar-refractivity contribution in [2.75, 3.05) is 58.9 Å². The second kappa shape index (κ2) is 14.0. The monoisotopic (exact) mass is 611 g/mol. The van der Waals surface area contributed by atoms with Crippen molar-refractivity contribution in [3.8, 4) is 22.8 Å². The van der Waals surface area contributed by atoms with E-state index in [4.69, 9.17) is 19.2 Å². The minimum atomic E-state index is -0.438. The second-order valence-corrected chi connectivity index (χ2v) is 11.2. The van der Waals surface area contributed by atoms with Crippen LogP contribution in [0.5, 0.6) is 11.6 Å². The van der Waals surface area contributed by atoms with Gasteiger partial charge in [-0.1, -0.05) is 18.2 Å². The summed E-state index contributed by atoms with van der Waals surface area (Å²) in [5, 5.41) is 3.87. The number of piperazine rings is 1. The van der Waals surface area contributed by atoms with E-state index >= 15 is 4.39 Å². The first kappa shape index (κ1) is 30.4. The molecule has 1 saturated heterocycles. The normalized spacial score (nSPS) is 14.1. The molecule has 2 aromatic carbocycles. The third kappa shape index (κ3) is 7.56. The van der Waals surface area contributed by atoms with Crippen LogP contribution in [0.15, 0.2) is 66.9 Å². The first-order valence-electron chi connectivity index (χ1n) is 15.1. The highest BCUT2D eigenvalue weighted by Gasteiger charge is 2.20. The van der Waals surface area contributed by atoms with Crippen molar-refractivity contribution in [1.29, 1.82) is 0 Å². The molecule has 4 heterocycles. The minimum absolute atomic E-state index is 0.244. The van der Waals surface area contributed by atoms with Crippen LogP contribution in [-0.4, -0.2) is 83.3 Å². The number of hydrogen-bond donors (Lipinski definition) is 2. The number of hydrogen-bond acceptors (Lipinski definition) is 9. The molecular formula is C34H38FN7O3. The summed E-state index contributed by atoms with van der Waals surface area (Å²) in [6.07, 6.45) is 1.72. The Kier molecular flexibility index (Phi) is 9.49. The smallest absolute Gasteiger partial charge is 0.232 e. The van der Waals surface area contributed by atoms with Crippen LogP contribution < -0.4 is 14.8 Å². The molecule has 0 radical (unpaired) electrons. The van der Waals surface area contributed by atoms with Gasteiger partial charge in [0.1, 0.15) is 30.4 Å². The molecule has 0 atom stereocenters. The number of likely N-dealkylation sites (N-methyl/N-ethyl adjacent to an activating group) is 1. The van der Waals surface area contributed by atoms with Gasteiger partial charge in [-0.3, -0.25) is 9.88 Å². The van der Waals surface area contributed by atoms with Gasteiger partial charge in [0.15, 0.2) is 0 Å².